The first kappa shape index (κ1) is 8.81. The molecule has 0 aromatic carbocycles. The van der Waals surface area contributed by atoms with Crippen molar-refractivity contribution in [2.24, 2.45) is 5.92 Å². The van der Waals surface area contributed by atoms with E-state index in [1.165, 1.54) is 18.9 Å². The molecular formula is C9H12N2OS. The summed E-state index contributed by atoms with van der Waals surface area (Å²) >= 11 is 1.65. The van der Waals surface area contributed by atoms with E-state index in [-0.39, 0.29) is 5.56 Å². The number of rotatable bonds is 3. The minimum atomic E-state index is -0.0502. The van der Waals surface area contributed by atoms with Crippen LogP contribution in [-0.2, 0) is 0 Å². The van der Waals surface area contributed by atoms with Gasteiger partial charge in [0, 0.05) is 17.5 Å². The highest BCUT2D eigenvalue weighted by molar-refractivity contribution is 7.99. The number of nitrogens with zero attached hydrogens (tertiary/aromatic N) is 1. The molecule has 0 unspecified atom stereocenters. The maximum Gasteiger partial charge on any atom is 0.251 e. The smallest absolute Gasteiger partial charge is 0.251 e. The average molecular weight is 196 g/mol. The van der Waals surface area contributed by atoms with Crippen molar-refractivity contribution in [3.05, 3.63) is 22.1 Å². The standard InChI is InChI=1S/C9H12N2OS/c1-6-4-8(12)11-9(10-6)13-5-7-2-3-7/h4,7H,2-3,5H2,1H3,(H,10,11,12). The van der Waals surface area contributed by atoms with E-state index in [1.54, 1.807) is 11.8 Å². The molecule has 3 nitrogen and oxygen atoms in total. The van der Waals surface area contributed by atoms with Crippen LogP contribution in [-0.4, -0.2) is 15.7 Å². The fourth-order valence-corrected chi connectivity index (χ4v) is 2.21. The maximum atomic E-state index is 11.1. The molecular weight excluding hydrogens is 184 g/mol. The Balaban J connectivity index is 2.05. The van der Waals surface area contributed by atoms with Crippen molar-refractivity contribution >= 4 is 11.8 Å². The third kappa shape index (κ3) is 2.59. The van der Waals surface area contributed by atoms with Gasteiger partial charge >= 0.3 is 0 Å². The number of aryl methyl sites for hydroxylation is 1. The summed E-state index contributed by atoms with van der Waals surface area (Å²) in [5.41, 5.74) is 0.743. The fraction of sp³-hybridized carbons (Fsp3) is 0.556. The quantitative estimate of drug-likeness (QED) is 0.589. The molecule has 0 saturated heterocycles. The number of aromatic nitrogens is 2. The van der Waals surface area contributed by atoms with E-state index in [0.29, 0.717) is 0 Å². The summed E-state index contributed by atoms with van der Waals surface area (Å²) in [6.07, 6.45) is 2.67. The number of hydrogen-bond donors (Lipinski definition) is 1. The van der Waals surface area contributed by atoms with Gasteiger partial charge in [-0.25, -0.2) is 4.98 Å². The van der Waals surface area contributed by atoms with E-state index in [0.717, 1.165) is 22.5 Å². The average Bonchev–Trinajstić information content (AvgIpc) is 2.81. The van der Waals surface area contributed by atoms with Crippen molar-refractivity contribution in [2.45, 2.75) is 24.9 Å². The molecule has 70 valence electrons. The maximum absolute atomic E-state index is 11.1. The van der Waals surface area contributed by atoms with Crippen LogP contribution in [0.1, 0.15) is 18.5 Å². The van der Waals surface area contributed by atoms with Gasteiger partial charge in [0.15, 0.2) is 5.16 Å². The number of nitrogens with one attached hydrogen (secondary N) is 1. The molecule has 2 rings (SSSR count). The predicted octanol–water partition coefficient (Wildman–Crippen LogP) is 1.58. The van der Waals surface area contributed by atoms with E-state index in [2.05, 4.69) is 9.97 Å². The van der Waals surface area contributed by atoms with Crippen molar-refractivity contribution in [1.82, 2.24) is 9.97 Å². The third-order valence-corrected chi connectivity index (χ3v) is 3.11. The molecule has 1 N–H and O–H groups in total. The van der Waals surface area contributed by atoms with Crippen LogP contribution in [0.15, 0.2) is 16.0 Å². The van der Waals surface area contributed by atoms with Gasteiger partial charge in [-0.15, -0.1) is 0 Å². The first-order chi connectivity index (χ1) is 6.24. The van der Waals surface area contributed by atoms with Gasteiger partial charge in [-0.2, -0.15) is 0 Å². The number of hydrogen-bond acceptors (Lipinski definition) is 3. The van der Waals surface area contributed by atoms with Crippen LogP contribution in [0.5, 0.6) is 0 Å². The Hall–Kier alpha value is -0.770. The molecule has 0 radical (unpaired) electrons. The normalized spacial score (nSPS) is 16.1. The summed E-state index contributed by atoms with van der Waals surface area (Å²) in [7, 11) is 0. The minimum Gasteiger partial charge on any atom is -0.301 e. The van der Waals surface area contributed by atoms with Crippen LogP contribution in [0.25, 0.3) is 0 Å². The van der Waals surface area contributed by atoms with Gasteiger partial charge in [-0.3, -0.25) is 4.79 Å². The number of H-pyrrole nitrogens is 1. The van der Waals surface area contributed by atoms with Gasteiger partial charge in [0.25, 0.3) is 5.56 Å². The Morgan fingerprint density at radius 2 is 2.46 bits per heavy atom. The molecule has 4 heteroatoms. The SMILES string of the molecule is Cc1cc(=O)[nH]c(SCC2CC2)n1. The Morgan fingerprint density at radius 3 is 3.08 bits per heavy atom. The lowest BCUT2D eigenvalue weighted by Gasteiger charge is -1.99. The van der Waals surface area contributed by atoms with Crippen LogP contribution < -0.4 is 5.56 Å². The first-order valence-corrected chi connectivity index (χ1v) is 5.43. The summed E-state index contributed by atoms with van der Waals surface area (Å²) < 4.78 is 0. The highest BCUT2D eigenvalue weighted by Gasteiger charge is 2.21. The zero-order valence-electron chi connectivity index (χ0n) is 7.54. The van der Waals surface area contributed by atoms with Crippen LogP contribution in [0.2, 0.25) is 0 Å². The second kappa shape index (κ2) is 3.54. The number of thioether (sulfide) groups is 1. The van der Waals surface area contributed by atoms with Gasteiger partial charge in [0.05, 0.1) is 0 Å². The number of aromatic amines is 1. The highest BCUT2D eigenvalue weighted by Crippen LogP contribution is 2.33. The Labute approximate surface area is 81.0 Å². The van der Waals surface area contributed by atoms with Gasteiger partial charge in [-0.05, 0) is 25.7 Å². The van der Waals surface area contributed by atoms with Crippen molar-refractivity contribution in [3.63, 3.8) is 0 Å². The van der Waals surface area contributed by atoms with Gasteiger partial charge < -0.3 is 4.98 Å². The second-order valence-corrected chi connectivity index (χ2v) is 4.46. The minimum absolute atomic E-state index is 0.0502. The van der Waals surface area contributed by atoms with Crippen molar-refractivity contribution in [1.29, 1.82) is 0 Å². The molecule has 1 heterocycles. The van der Waals surface area contributed by atoms with Crippen LogP contribution in [0, 0.1) is 12.8 Å². The van der Waals surface area contributed by atoms with E-state index in [4.69, 9.17) is 0 Å². The molecule has 0 bridgehead atoms. The molecule has 1 aliphatic rings. The summed E-state index contributed by atoms with van der Waals surface area (Å²) in [5, 5.41) is 0.761. The lowest BCUT2D eigenvalue weighted by atomic mass is 10.5. The lowest BCUT2D eigenvalue weighted by molar-refractivity contribution is 0.897. The fourth-order valence-electron chi connectivity index (χ4n) is 1.10. The van der Waals surface area contributed by atoms with Gasteiger partial charge in [-0.1, -0.05) is 11.8 Å². The Morgan fingerprint density at radius 1 is 1.69 bits per heavy atom. The topological polar surface area (TPSA) is 45.8 Å². The molecule has 0 spiro atoms. The van der Waals surface area contributed by atoms with E-state index < -0.39 is 0 Å². The van der Waals surface area contributed by atoms with Crippen LogP contribution in [0.3, 0.4) is 0 Å². The molecule has 0 atom stereocenters. The lowest BCUT2D eigenvalue weighted by Crippen LogP contribution is -2.08. The molecule has 1 aliphatic carbocycles. The molecule has 1 fully saturated rings. The largest absolute Gasteiger partial charge is 0.301 e. The third-order valence-electron chi connectivity index (χ3n) is 2.00. The summed E-state index contributed by atoms with van der Waals surface area (Å²) in [6.45, 7) is 1.84. The van der Waals surface area contributed by atoms with Crippen molar-refractivity contribution in [2.75, 3.05) is 5.75 Å². The Bertz CT molecular complexity index is 357. The van der Waals surface area contributed by atoms with Crippen molar-refractivity contribution in [3.8, 4) is 0 Å². The molecule has 0 amide bonds. The first-order valence-electron chi connectivity index (χ1n) is 4.45. The monoisotopic (exact) mass is 196 g/mol. The van der Waals surface area contributed by atoms with Gasteiger partial charge in [0.1, 0.15) is 0 Å². The summed E-state index contributed by atoms with van der Waals surface area (Å²) in [5.74, 6) is 1.95. The zero-order valence-corrected chi connectivity index (χ0v) is 8.36. The summed E-state index contributed by atoms with van der Waals surface area (Å²) in [6, 6.07) is 1.52. The second-order valence-electron chi connectivity index (χ2n) is 3.45. The summed E-state index contributed by atoms with van der Waals surface area (Å²) in [4.78, 5) is 18.0. The van der Waals surface area contributed by atoms with Crippen LogP contribution >= 0.6 is 11.8 Å². The van der Waals surface area contributed by atoms with E-state index in [9.17, 15) is 4.79 Å². The van der Waals surface area contributed by atoms with E-state index >= 15 is 0 Å². The predicted molar refractivity (Wildman–Crippen MR) is 53.0 cm³/mol. The molecule has 1 aromatic rings. The van der Waals surface area contributed by atoms with E-state index in [1.807, 2.05) is 6.92 Å². The van der Waals surface area contributed by atoms with Crippen molar-refractivity contribution < 1.29 is 0 Å². The van der Waals surface area contributed by atoms with Gasteiger partial charge in [0.2, 0.25) is 0 Å². The van der Waals surface area contributed by atoms with Crippen LogP contribution in [0.4, 0.5) is 0 Å². The zero-order chi connectivity index (χ0) is 9.26. The molecule has 1 saturated carbocycles. The molecule has 13 heavy (non-hydrogen) atoms. The highest BCUT2D eigenvalue weighted by atomic mass is 32.2. The Kier molecular flexibility index (Phi) is 2.40. The molecule has 1 aromatic heterocycles. The molecule has 0 aliphatic heterocycles.